The third kappa shape index (κ3) is 6.56. The number of hydrogen-bond acceptors (Lipinski definition) is 4. The van der Waals surface area contributed by atoms with Crippen LogP contribution in [0.25, 0.3) is 0 Å². The van der Waals surface area contributed by atoms with E-state index in [4.69, 9.17) is 33.0 Å². The third-order valence-electron chi connectivity index (χ3n) is 2.50. The van der Waals surface area contributed by atoms with Crippen molar-refractivity contribution in [2.75, 3.05) is 19.5 Å². The lowest BCUT2D eigenvalue weighted by Crippen LogP contribution is -2.42. The number of carbonyl (C=O) groups is 2. The van der Waals surface area contributed by atoms with Crippen LogP contribution in [0.1, 0.15) is 6.42 Å². The molecule has 1 aromatic rings. The molecule has 8 heteroatoms. The lowest BCUT2D eigenvalue weighted by atomic mass is 10.2. The molecule has 1 aromatic carbocycles. The summed E-state index contributed by atoms with van der Waals surface area (Å²) in [5, 5.41) is 12.5. The number of carboxylic acids is 1. The molecule has 0 aliphatic heterocycles. The van der Waals surface area contributed by atoms with Gasteiger partial charge in [-0.2, -0.15) is 0 Å². The molecule has 0 aliphatic carbocycles. The van der Waals surface area contributed by atoms with Gasteiger partial charge in [0.15, 0.2) is 0 Å². The minimum Gasteiger partial charge on any atom is -0.480 e. The number of ether oxygens (including phenoxy) is 1. The number of nitrogens with one attached hydrogen (secondary N) is 1. The summed E-state index contributed by atoms with van der Waals surface area (Å²) < 4.78 is 4.81. The molecule has 0 fully saturated rings. The van der Waals surface area contributed by atoms with Crippen molar-refractivity contribution < 1.29 is 19.4 Å². The van der Waals surface area contributed by atoms with E-state index in [1.54, 1.807) is 18.2 Å². The quantitative estimate of drug-likeness (QED) is 0.704. The summed E-state index contributed by atoms with van der Waals surface area (Å²) in [5.41, 5.74) is 0. The highest BCUT2D eigenvalue weighted by Crippen LogP contribution is 2.29. The molecule has 1 unspecified atom stereocenters. The van der Waals surface area contributed by atoms with Crippen LogP contribution in [0.4, 0.5) is 0 Å². The zero-order valence-corrected chi connectivity index (χ0v) is 13.6. The Balaban J connectivity index is 2.52. The van der Waals surface area contributed by atoms with Crippen molar-refractivity contribution in [2.24, 2.45) is 0 Å². The average Bonchev–Trinajstić information content (AvgIpc) is 2.44. The Morgan fingerprint density at radius 2 is 2.14 bits per heavy atom. The van der Waals surface area contributed by atoms with E-state index >= 15 is 0 Å². The summed E-state index contributed by atoms with van der Waals surface area (Å²) >= 11 is 13.0. The molecular weight excluding hydrogens is 337 g/mol. The van der Waals surface area contributed by atoms with E-state index in [2.05, 4.69) is 5.32 Å². The van der Waals surface area contributed by atoms with Crippen LogP contribution >= 0.6 is 35.0 Å². The number of halogens is 2. The second kappa shape index (κ2) is 9.15. The Hall–Kier alpha value is -0.950. The van der Waals surface area contributed by atoms with Crippen LogP contribution in [0.2, 0.25) is 10.0 Å². The number of hydrogen-bond donors (Lipinski definition) is 2. The summed E-state index contributed by atoms with van der Waals surface area (Å²) in [6.45, 7) is 0.254. The van der Waals surface area contributed by atoms with Crippen LogP contribution < -0.4 is 5.32 Å². The van der Waals surface area contributed by atoms with Crippen molar-refractivity contribution in [1.29, 1.82) is 0 Å². The van der Waals surface area contributed by atoms with E-state index in [-0.39, 0.29) is 24.7 Å². The standard InChI is InChI=1S/C13H15Cl2NO4S/c1-20-5-4-10(13(18)19)16-12(17)7-21-11-6-8(14)2-3-9(11)15/h2-3,6,10H,4-5,7H2,1H3,(H,16,17)(H,18,19). The molecule has 0 bridgehead atoms. The number of carbonyl (C=O) groups excluding carboxylic acids is 1. The second-order valence-corrected chi connectivity index (χ2v) is 5.96. The largest absolute Gasteiger partial charge is 0.480 e. The van der Waals surface area contributed by atoms with Crippen LogP contribution in [0.5, 0.6) is 0 Å². The molecule has 0 aliphatic rings. The molecule has 0 heterocycles. The number of methoxy groups -OCH3 is 1. The van der Waals surface area contributed by atoms with Gasteiger partial charge in [0.05, 0.1) is 10.8 Å². The Bertz CT molecular complexity index is 513. The zero-order valence-electron chi connectivity index (χ0n) is 11.3. The Labute approximate surface area is 136 Å². The Morgan fingerprint density at radius 1 is 1.43 bits per heavy atom. The van der Waals surface area contributed by atoms with Crippen LogP contribution in [-0.4, -0.2) is 42.5 Å². The van der Waals surface area contributed by atoms with Gasteiger partial charge >= 0.3 is 5.97 Å². The lowest BCUT2D eigenvalue weighted by molar-refractivity contribution is -0.142. The first-order chi connectivity index (χ1) is 9.93. The van der Waals surface area contributed by atoms with E-state index in [1.807, 2.05) is 0 Å². The summed E-state index contributed by atoms with van der Waals surface area (Å²) in [6, 6.07) is 3.98. The van der Waals surface area contributed by atoms with E-state index < -0.39 is 12.0 Å². The van der Waals surface area contributed by atoms with Crippen molar-refractivity contribution in [2.45, 2.75) is 17.4 Å². The van der Waals surface area contributed by atoms with E-state index in [9.17, 15) is 9.59 Å². The highest BCUT2D eigenvalue weighted by molar-refractivity contribution is 8.00. The van der Waals surface area contributed by atoms with Gasteiger partial charge in [-0.1, -0.05) is 23.2 Å². The number of rotatable bonds is 8. The van der Waals surface area contributed by atoms with Crippen molar-refractivity contribution in [3.05, 3.63) is 28.2 Å². The van der Waals surface area contributed by atoms with Gasteiger partial charge in [0.2, 0.25) is 5.91 Å². The maximum absolute atomic E-state index is 11.8. The zero-order chi connectivity index (χ0) is 15.8. The molecule has 116 valence electrons. The van der Waals surface area contributed by atoms with Crippen LogP contribution in [0.3, 0.4) is 0 Å². The summed E-state index contributed by atoms with van der Waals surface area (Å²) in [7, 11) is 1.47. The van der Waals surface area contributed by atoms with E-state index in [1.165, 1.54) is 18.9 Å². The molecule has 0 radical (unpaired) electrons. The molecule has 2 N–H and O–H groups in total. The SMILES string of the molecule is COCCC(NC(=O)CSc1cc(Cl)ccc1Cl)C(=O)O. The van der Waals surface area contributed by atoms with Crippen molar-refractivity contribution in [3.63, 3.8) is 0 Å². The first-order valence-electron chi connectivity index (χ1n) is 6.03. The monoisotopic (exact) mass is 351 g/mol. The highest BCUT2D eigenvalue weighted by Gasteiger charge is 2.19. The van der Waals surface area contributed by atoms with E-state index in [0.29, 0.717) is 14.9 Å². The number of carboxylic acid groups (broad SMARTS) is 1. The van der Waals surface area contributed by atoms with Crippen LogP contribution in [0.15, 0.2) is 23.1 Å². The number of benzene rings is 1. The normalized spacial score (nSPS) is 12.0. The van der Waals surface area contributed by atoms with Crippen molar-refractivity contribution in [3.8, 4) is 0 Å². The molecule has 1 amide bonds. The average molecular weight is 352 g/mol. The Kier molecular flexibility index (Phi) is 7.88. The molecule has 0 saturated carbocycles. The molecule has 5 nitrogen and oxygen atoms in total. The van der Waals surface area contributed by atoms with Gasteiger partial charge < -0.3 is 15.2 Å². The lowest BCUT2D eigenvalue weighted by Gasteiger charge is -2.14. The molecule has 0 spiro atoms. The van der Waals surface area contributed by atoms with Crippen LogP contribution in [0, 0.1) is 0 Å². The van der Waals surface area contributed by atoms with Gasteiger partial charge in [-0.3, -0.25) is 4.79 Å². The predicted octanol–water partition coefficient (Wildman–Crippen LogP) is 2.69. The molecule has 0 aromatic heterocycles. The minimum atomic E-state index is -1.09. The summed E-state index contributed by atoms with van der Waals surface area (Å²) in [5.74, 6) is -1.43. The second-order valence-electron chi connectivity index (χ2n) is 4.10. The summed E-state index contributed by atoms with van der Waals surface area (Å²) in [6.07, 6.45) is 0.208. The predicted molar refractivity (Wildman–Crippen MR) is 83.2 cm³/mol. The molecular formula is C13H15Cl2NO4S. The van der Waals surface area contributed by atoms with Gasteiger partial charge in [-0.05, 0) is 18.2 Å². The number of thioether (sulfide) groups is 1. The highest BCUT2D eigenvalue weighted by atomic mass is 35.5. The maximum atomic E-state index is 11.8. The fraction of sp³-hybridized carbons (Fsp3) is 0.385. The first kappa shape index (κ1) is 18.1. The van der Waals surface area contributed by atoms with Gasteiger partial charge in [-0.25, -0.2) is 4.79 Å². The molecule has 1 rings (SSSR count). The van der Waals surface area contributed by atoms with Crippen LogP contribution in [-0.2, 0) is 14.3 Å². The fourth-order valence-corrected chi connectivity index (χ4v) is 2.76. The molecule has 21 heavy (non-hydrogen) atoms. The molecule has 1 atom stereocenters. The van der Waals surface area contributed by atoms with E-state index in [0.717, 1.165) is 0 Å². The van der Waals surface area contributed by atoms with Crippen molar-refractivity contribution >= 4 is 46.8 Å². The smallest absolute Gasteiger partial charge is 0.326 e. The maximum Gasteiger partial charge on any atom is 0.326 e. The Morgan fingerprint density at radius 3 is 2.76 bits per heavy atom. The van der Waals surface area contributed by atoms with Gasteiger partial charge in [0, 0.05) is 30.1 Å². The van der Waals surface area contributed by atoms with Gasteiger partial charge in [0.25, 0.3) is 0 Å². The number of aliphatic carboxylic acids is 1. The van der Waals surface area contributed by atoms with Crippen molar-refractivity contribution in [1.82, 2.24) is 5.32 Å². The fourth-order valence-electron chi connectivity index (χ4n) is 1.46. The minimum absolute atomic E-state index is 0.0524. The summed E-state index contributed by atoms with van der Waals surface area (Å²) in [4.78, 5) is 23.4. The number of amides is 1. The third-order valence-corrected chi connectivity index (χ3v) is 4.23. The van der Waals surface area contributed by atoms with Gasteiger partial charge in [0.1, 0.15) is 6.04 Å². The first-order valence-corrected chi connectivity index (χ1v) is 7.77. The molecule has 0 saturated heterocycles. The topological polar surface area (TPSA) is 75.6 Å². The van der Waals surface area contributed by atoms with Gasteiger partial charge in [-0.15, -0.1) is 11.8 Å².